The molecule has 1 aliphatic carbocycles. The lowest BCUT2D eigenvalue weighted by molar-refractivity contribution is 0.213. The second-order valence-corrected chi connectivity index (χ2v) is 4.55. The molecule has 16 heavy (non-hydrogen) atoms. The number of nitrogens with one attached hydrogen (secondary N) is 1. The zero-order valence-corrected chi connectivity index (χ0v) is 9.05. The van der Waals surface area contributed by atoms with Crippen molar-refractivity contribution in [3.63, 3.8) is 0 Å². The third kappa shape index (κ3) is 1.35. The maximum atomic E-state index is 11.6. The van der Waals surface area contributed by atoms with Crippen LogP contribution in [0.3, 0.4) is 0 Å². The fraction of sp³-hybridized carbons (Fsp3) is 0.636. The minimum absolute atomic E-state index is 0.0966. The van der Waals surface area contributed by atoms with Crippen LogP contribution in [0.15, 0.2) is 21.9 Å². The molecule has 1 unspecified atom stereocenters. The summed E-state index contributed by atoms with van der Waals surface area (Å²) < 4.78 is 7.16. The summed E-state index contributed by atoms with van der Waals surface area (Å²) in [6.07, 6.45) is 4.12. The summed E-state index contributed by atoms with van der Waals surface area (Å²) in [6, 6.07) is 1.48. The number of hydrogen-bond donors (Lipinski definition) is 1. The lowest BCUT2D eigenvalue weighted by Gasteiger charge is -2.16. The van der Waals surface area contributed by atoms with Gasteiger partial charge in [0.2, 0.25) is 0 Å². The highest BCUT2D eigenvalue weighted by molar-refractivity contribution is 5.06. The van der Waals surface area contributed by atoms with Crippen LogP contribution in [0.1, 0.15) is 25.8 Å². The van der Waals surface area contributed by atoms with Gasteiger partial charge in [-0.2, -0.15) is 0 Å². The van der Waals surface area contributed by atoms with E-state index in [9.17, 15) is 9.59 Å². The molecule has 1 aliphatic heterocycles. The highest BCUT2D eigenvalue weighted by atomic mass is 16.6. The van der Waals surface area contributed by atoms with E-state index in [0.717, 1.165) is 12.8 Å². The molecule has 4 atom stereocenters. The Kier molecular flexibility index (Phi) is 2.04. The zero-order valence-electron chi connectivity index (χ0n) is 9.05. The van der Waals surface area contributed by atoms with E-state index in [0.29, 0.717) is 12.0 Å². The van der Waals surface area contributed by atoms with E-state index in [2.05, 4.69) is 11.9 Å². The fourth-order valence-electron chi connectivity index (χ4n) is 2.76. The number of epoxide rings is 1. The average molecular weight is 222 g/mol. The van der Waals surface area contributed by atoms with Crippen LogP contribution in [-0.2, 0) is 4.74 Å². The molecule has 86 valence electrons. The molecule has 5 heteroatoms. The molecule has 1 saturated heterocycles. The van der Waals surface area contributed by atoms with Crippen LogP contribution in [0.5, 0.6) is 0 Å². The van der Waals surface area contributed by atoms with Gasteiger partial charge in [0.05, 0.1) is 12.1 Å². The number of nitrogens with zero attached hydrogens (tertiary/aromatic N) is 1. The molecule has 1 saturated carbocycles. The molecule has 1 N–H and O–H groups in total. The lowest BCUT2D eigenvalue weighted by atomic mass is 10.0. The number of H-pyrrole nitrogens is 1. The summed E-state index contributed by atoms with van der Waals surface area (Å²) in [6.45, 7) is 2.14. The van der Waals surface area contributed by atoms with Crippen molar-refractivity contribution >= 4 is 0 Å². The molecule has 5 nitrogen and oxygen atoms in total. The van der Waals surface area contributed by atoms with E-state index in [1.165, 1.54) is 6.07 Å². The van der Waals surface area contributed by atoms with Crippen molar-refractivity contribution in [1.82, 2.24) is 9.55 Å². The van der Waals surface area contributed by atoms with E-state index in [4.69, 9.17) is 4.74 Å². The van der Waals surface area contributed by atoms with Gasteiger partial charge in [-0.25, -0.2) is 4.79 Å². The number of aromatic amines is 1. The first kappa shape index (κ1) is 9.84. The van der Waals surface area contributed by atoms with E-state index in [1.807, 2.05) is 0 Å². The molecule has 1 aromatic heterocycles. The summed E-state index contributed by atoms with van der Waals surface area (Å²) in [5.74, 6) is 0.550. The van der Waals surface area contributed by atoms with Gasteiger partial charge in [-0.3, -0.25) is 14.3 Å². The Labute approximate surface area is 92.1 Å². The van der Waals surface area contributed by atoms with E-state index in [1.54, 1.807) is 10.8 Å². The minimum atomic E-state index is -0.348. The van der Waals surface area contributed by atoms with E-state index in [-0.39, 0.29) is 23.4 Å². The third-order valence-electron chi connectivity index (χ3n) is 3.68. The predicted octanol–water partition coefficient (Wildman–Crippen LogP) is 0.275. The summed E-state index contributed by atoms with van der Waals surface area (Å²) in [4.78, 5) is 24.9. The highest BCUT2D eigenvalue weighted by Crippen LogP contribution is 2.50. The largest absolute Gasteiger partial charge is 0.367 e. The van der Waals surface area contributed by atoms with E-state index >= 15 is 0 Å². The molecular weight excluding hydrogens is 208 g/mol. The Morgan fingerprint density at radius 3 is 2.94 bits per heavy atom. The quantitative estimate of drug-likeness (QED) is 0.730. The van der Waals surface area contributed by atoms with Gasteiger partial charge in [0, 0.05) is 12.3 Å². The SMILES string of the molecule is CC[C@H]1C[C@@H](n2ccc(=O)[nH]c2=O)C2O[C@H]21. The second-order valence-electron chi connectivity index (χ2n) is 4.55. The number of fused-ring (bicyclic) bond motifs is 1. The maximum absolute atomic E-state index is 11.6. The van der Waals surface area contributed by atoms with Gasteiger partial charge in [0.15, 0.2) is 0 Å². The molecule has 0 amide bonds. The van der Waals surface area contributed by atoms with E-state index < -0.39 is 0 Å². The molecule has 0 radical (unpaired) electrons. The standard InChI is InChI=1S/C11H14N2O3/c1-2-6-5-7(10-9(6)16-10)13-4-3-8(14)12-11(13)15/h3-4,6-7,9-10H,2,5H2,1H3,(H,12,14,15)/t6-,7+,9-,10?/m0/s1. The number of rotatable bonds is 2. The van der Waals surface area contributed by atoms with Crippen LogP contribution in [0.2, 0.25) is 0 Å². The van der Waals surface area contributed by atoms with Crippen LogP contribution in [0.4, 0.5) is 0 Å². The summed E-state index contributed by atoms with van der Waals surface area (Å²) >= 11 is 0. The fourth-order valence-corrected chi connectivity index (χ4v) is 2.76. The first-order chi connectivity index (χ1) is 7.70. The van der Waals surface area contributed by atoms with Gasteiger partial charge < -0.3 is 4.74 Å². The van der Waals surface area contributed by atoms with Crippen molar-refractivity contribution < 1.29 is 4.74 Å². The Bertz CT molecular complexity index is 518. The molecule has 3 rings (SSSR count). The van der Waals surface area contributed by atoms with Crippen molar-refractivity contribution in [2.75, 3.05) is 0 Å². The molecule has 2 fully saturated rings. The predicted molar refractivity (Wildman–Crippen MR) is 57.4 cm³/mol. The zero-order chi connectivity index (χ0) is 11.3. The topological polar surface area (TPSA) is 67.4 Å². The Hall–Kier alpha value is -1.36. The summed E-state index contributed by atoms with van der Waals surface area (Å²) in [5.41, 5.74) is -0.678. The van der Waals surface area contributed by atoms with Crippen LogP contribution in [-0.4, -0.2) is 21.8 Å². The first-order valence-corrected chi connectivity index (χ1v) is 5.67. The smallest absolute Gasteiger partial charge is 0.328 e. The summed E-state index contributed by atoms with van der Waals surface area (Å²) in [5, 5.41) is 0. The lowest BCUT2D eigenvalue weighted by Crippen LogP contribution is -2.32. The number of hydrogen-bond acceptors (Lipinski definition) is 3. The van der Waals surface area contributed by atoms with Gasteiger partial charge in [-0.15, -0.1) is 0 Å². The minimum Gasteiger partial charge on any atom is -0.367 e. The Morgan fingerprint density at radius 2 is 2.31 bits per heavy atom. The maximum Gasteiger partial charge on any atom is 0.328 e. The Morgan fingerprint density at radius 1 is 1.50 bits per heavy atom. The normalized spacial score (nSPS) is 36.1. The molecule has 0 spiro atoms. The van der Waals surface area contributed by atoms with Crippen molar-refractivity contribution in [1.29, 1.82) is 0 Å². The summed E-state index contributed by atoms with van der Waals surface area (Å²) in [7, 11) is 0. The van der Waals surface area contributed by atoms with Crippen molar-refractivity contribution in [2.45, 2.75) is 38.0 Å². The second kappa shape index (κ2) is 3.31. The third-order valence-corrected chi connectivity index (χ3v) is 3.68. The first-order valence-electron chi connectivity index (χ1n) is 5.67. The van der Waals surface area contributed by atoms with Gasteiger partial charge in [-0.1, -0.05) is 13.3 Å². The Balaban J connectivity index is 1.94. The van der Waals surface area contributed by atoms with Gasteiger partial charge in [-0.05, 0) is 12.3 Å². The van der Waals surface area contributed by atoms with Gasteiger partial charge >= 0.3 is 5.69 Å². The number of ether oxygens (including phenoxy) is 1. The van der Waals surface area contributed by atoms with Crippen LogP contribution >= 0.6 is 0 Å². The monoisotopic (exact) mass is 222 g/mol. The highest BCUT2D eigenvalue weighted by Gasteiger charge is 2.56. The molecule has 2 aliphatic rings. The van der Waals surface area contributed by atoms with Crippen LogP contribution in [0, 0.1) is 5.92 Å². The number of aromatic nitrogens is 2. The van der Waals surface area contributed by atoms with Crippen molar-refractivity contribution in [3.8, 4) is 0 Å². The average Bonchev–Trinajstić information content (AvgIpc) is 2.96. The molecular formula is C11H14N2O3. The molecule has 0 bridgehead atoms. The van der Waals surface area contributed by atoms with Gasteiger partial charge in [0.1, 0.15) is 6.10 Å². The molecule has 1 aromatic rings. The van der Waals surface area contributed by atoms with Crippen molar-refractivity contribution in [3.05, 3.63) is 33.1 Å². The van der Waals surface area contributed by atoms with Crippen molar-refractivity contribution in [2.24, 2.45) is 5.92 Å². The van der Waals surface area contributed by atoms with Gasteiger partial charge in [0.25, 0.3) is 5.56 Å². The van der Waals surface area contributed by atoms with Crippen LogP contribution < -0.4 is 11.2 Å². The molecule has 0 aromatic carbocycles. The molecule has 2 heterocycles. The van der Waals surface area contributed by atoms with Crippen LogP contribution in [0.25, 0.3) is 0 Å².